The Morgan fingerprint density at radius 2 is 2.07 bits per heavy atom. The van der Waals surface area contributed by atoms with Crippen LogP contribution >= 0.6 is 0 Å². The van der Waals surface area contributed by atoms with Crippen LogP contribution in [0.3, 0.4) is 0 Å². The number of rotatable bonds is 3. The molecule has 0 spiro atoms. The first-order valence-corrected chi connectivity index (χ1v) is 8.62. The third-order valence-electron chi connectivity index (χ3n) is 4.59. The van der Waals surface area contributed by atoms with Gasteiger partial charge in [-0.15, -0.1) is 10.2 Å². The molecule has 0 radical (unpaired) electrons. The number of aromatic hydroxyl groups is 1. The highest BCUT2D eigenvalue weighted by Gasteiger charge is 2.33. The molecule has 1 aromatic carbocycles. The van der Waals surface area contributed by atoms with Crippen LogP contribution in [0.1, 0.15) is 18.4 Å². The van der Waals surface area contributed by atoms with E-state index in [2.05, 4.69) is 15.5 Å². The second kappa shape index (κ2) is 6.93. The van der Waals surface area contributed by atoms with E-state index in [9.17, 15) is 22.7 Å². The third kappa shape index (κ3) is 3.35. The van der Waals surface area contributed by atoms with E-state index >= 15 is 0 Å². The predicted molar refractivity (Wildman–Crippen MR) is 92.5 cm³/mol. The fourth-order valence-electron chi connectivity index (χ4n) is 3.26. The first-order valence-electron chi connectivity index (χ1n) is 8.62. The van der Waals surface area contributed by atoms with Gasteiger partial charge in [-0.1, -0.05) is 0 Å². The number of aromatic nitrogens is 3. The molecular formula is C18H16F4N4O2. The fourth-order valence-corrected chi connectivity index (χ4v) is 3.26. The van der Waals surface area contributed by atoms with Crippen LogP contribution in [0.5, 0.6) is 5.75 Å². The number of nitrogens with one attached hydrogen (secondary N) is 1. The number of fused-ring (bicyclic) bond motifs is 1. The van der Waals surface area contributed by atoms with Crippen molar-refractivity contribution in [3.8, 4) is 17.0 Å². The lowest BCUT2D eigenvalue weighted by Crippen LogP contribution is -2.31. The molecule has 2 aromatic heterocycles. The molecule has 0 bridgehead atoms. The summed E-state index contributed by atoms with van der Waals surface area (Å²) in [6.07, 6.45) is -1.32. The SMILES string of the molecule is Oc1cc(C(F)(F)F)cc(F)c1-c1nnc(N[C@@H]2CCCOC2)n2cccc12. The summed E-state index contributed by atoms with van der Waals surface area (Å²) >= 11 is 0. The molecule has 28 heavy (non-hydrogen) atoms. The van der Waals surface area contributed by atoms with Crippen LogP contribution in [0.25, 0.3) is 16.8 Å². The summed E-state index contributed by atoms with van der Waals surface area (Å²) in [5, 5.41) is 21.3. The van der Waals surface area contributed by atoms with E-state index in [0.29, 0.717) is 36.8 Å². The monoisotopic (exact) mass is 396 g/mol. The summed E-state index contributed by atoms with van der Waals surface area (Å²) < 4.78 is 60.0. The van der Waals surface area contributed by atoms with Gasteiger partial charge < -0.3 is 15.2 Å². The summed E-state index contributed by atoms with van der Waals surface area (Å²) in [6, 6.07) is 4.13. The van der Waals surface area contributed by atoms with Gasteiger partial charge >= 0.3 is 6.18 Å². The zero-order chi connectivity index (χ0) is 19.9. The number of nitrogens with zero attached hydrogens (tertiary/aromatic N) is 3. The van der Waals surface area contributed by atoms with Gasteiger partial charge in [-0.05, 0) is 37.1 Å². The smallest absolute Gasteiger partial charge is 0.416 e. The van der Waals surface area contributed by atoms with Crippen molar-refractivity contribution in [3.63, 3.8) is 0 Å². The largest absolute Gasteiger partial charge is 0.507 e. The maximum atomic E-state index is 14.5. The van der Waals surface area contributed by atoms with E-state index in [1.165, 1.54) is 0 Å². The zero-order valence-electron chi connectivity index (χ0n) is 14.5. The maximum absolute atomic E-state index is 14.5. The van der Waals surface area contributed by atoms with Gasteiger partial charge in [-0.25, -0.2) is 4.39 Å². The number of ether oxygens (including phenoxy) is 1. The number of hydrogen-bond donors (Lipinski definition) is 2. The van der Waals surface area contributed by atoms with Crippen LogP contribution < -0.4 is 5.32 Å². The second-order valence-corrected chi connectivity index (χ2v) is 6.54. The quantitative estimate of drug-likeness (QED) is 0.658. The number of phenolic OH excluding ortho intramolecular Hbond substituents is 1. The Balaban J connectivity index is 1.76. The highest BCUT2D eigenvalue weighted by Crippen LogP contribution is 2.39. The Morgan fingerprint density at radius 1 is 1.25 bits per heavy atom. The lowest BCUT2D eigenvalue weighted by Gasteiger charge is -2.24. The number of alkyl halides is 3. The zero-order valence-corrected chi connectivity index (χ0v) is 14.5. The van der Waals surface area contributed by atoms with Crippen molar-refractivity contribution in [2.75, 3.05) is 18.5 Å². The van der Waals surface area contributed by atoms with Crippen molar-refractivity contribution < 1.29 is 27.4 Å². The van der Waals surface area contributed by atoms with Gasteiger partial charge in [0.2, 0.25) is 5.95 Å². The molecule has 3 aromatic rings. The summed E-state index contributed by atoms with van der Waals surface area (Å²) in [5.74, 6) is -1.69. The molecule has 1 aliphatic heterocycles. The van der Waals surface area contributed by atoms with Gasteiger partial charge in [0.25, 0.3) is 0 Å². The molecule has 6 nitrogen and oxygen atoms in total. The van der Waals surface area contributed by atoms with E-state index in [1.54, 1.807) is 22.7 Å². The standard InChI is InChI=1S/C18H16F4N4O2/c19-12-7-10(18(20,21)22)8-14(27)15(12)16-13-4-1-5-26(13)17(25-24-16)23-11-3-2-6-28-9-11/h1,4-5,7-8,11,27H,2-3,6,9H2,(H,23,25)/t11-/m1/s1. The first kappa shape index (κ1) is 18.5. The molecule has 1 atom stereocenters. The predicted octanol–water partition coefficient (Wildman–Crippen LogP) is 3.85. The minimum atomic E-state index is -4.78. The highest BCUT2D eigenvalue weighted by molar-refractivity contribution is 5.81. The number of phenols is 1. The lowest BCUT2D eigenvalue weighted by atomic mass is 10.1. The molecule has 4 rings (SSSR count). The molecule has 3 heterocycles. The van der Waals surface area contributed by atoms with Crippen LogP contribution in [-0.2, 0) is 10.9 Å². The Labute approximate surface area is 156 Å². The normalized spacial score (nSPS) is 17.8. The van der Waals surface area contributed by atoms with Gasteiger partial charge in [0, 0.05) is 12.8 Å². The molecular weight excluding hydrogens is 380 g/mol. The van der Waals surface area contributed by atoms with Crippen molar-refractivity contribution in [1.29, 1.82) is 0 Å². The second-order valence-electron chi connectivity index (χ2n) is 6.54. The third-order valence-corrected chi connectivity index (χ3v) is 4.59. The van der Waals surface area contributed by atoms with Crippen molar-refractivity contribution in [2.45, 2.75) is 25.1 Å². The van der Waals surface area contributed by atoms with Gasteiger partial charge in [-0.2, -0.15) is 13.2 Å². The molecule has 0 amide bonds. The molecule has 2 N–H and O–H groups in total. The van der Waals surface area contributed by atoms with Crippen LogP contribution in [0, 0.1) is 5.82 Å². The van der Waals surface area contributed by atoms with Crippen molar-refractivity contribution in [3.05, 3.63) is 41.8 Å². The molecule has 1 saturated heterocycles. The van der Waals surface area contributed by atoms with Crippen LogP contribution in [0.2, 0.25) is 0 Å². The molecule has 0 saturated carbocycles. The van der Waals surface area contributed by atoms with E-state index in [1.807, 2.05) is 0 Å². The van der Waals surface area contributed by atoms with Crippen molar-refractivity contribution in [1.82, 2.24) is 14.6 Å². The topological polar surface area (TPSA) is 71.7 Å². The van der Waals surface area contributed by atoms with Crippen molar-refractivity contribution >= 4 is 11.5 Å². The van der Waals surface area contributed by atoms with E-state index in [0.717, 1.165) is 12.8 Å². The lowest BCUT2D eigenvalue weighted by molar-refractivity contribution is -0.137. The van der Waals surface area contributed by atoms with Crippen LogP contribution in [-0.4, -0.2) is 39.0 Å². The minimum Gasteiger partial charge on any atom is -0.507 e. The minimum absolute atomic E-state index is 0.0377. The summed E-state index contributed by atoms with van der Waals surface area (Å²) in [7, 11) is 0. The molecule has 0 aliphatic carbocycles. The Bertz CT molecular complexity index is 989. The molecule has 10 heteroatoms. The number of halogens is 4. The van der Waals surface area contributed by atoms with Gasteiger partial charge in [-0.3, -0.25) is 4.40 Å². The fraction of sp³-hybridized carbons (Fsp3) is 0.333. The van der Waals surface area contributed by atoms with E-state index in [-0.39, 0.29) is 11.7 Å². The van der Waals surface area contributed by atoms with Gasteiger partial charge in [0.1, 0.15) is 17.3 Å². The van der Waals surface area contributed by atoms with Crippen LogP contribution in [0.4, 0.5) is 23.5 Å². The van der Waals surface area contributed by atoms with Gasteiger partial charge in [0.15, 0.2) is 0 Å². The molecule has 1 fully saturated rings. The number of anilines is 1. The summed E-state index contributed by atoms with van der Waals surface area (Å²) in [4.78, 5) is 0. The summed E-state index contributed by atoms with van der Waals surface area (Å²) in [5.41, 5.74) is -1.37. The average Bonchev–Trinajstić information content (AvgIpc) is 3.13. The average molecular weight is 396 g/mol. The maximum Gasteiger partial charge on any atom is 0.416 e. The highest BCUT2D eigenvalue weighted by atomic mass is 19.4. The van der Waals surface area contributed by atoms with Crippen LogP contribution in [0.15, 0.2) is 30.5 Å². The Hall–Kier alpha value is -2.88. The van der Waals surface area contributed by atoms with Gasteiger partial charge in [0.05, 0.1) is 29.3 Å². The molecule has 0 unspecified atom stereocenters. The first-order chi connectivity index (χ1) is 13.3. The number of benzene rings is 1. The van der Waals surface area contributed by atoms with Crippen molar-refractivity contribution in [2.24, 2.45) is 0 Å². The van der Waals surface area contributed by atoms with E-state index in [4.69, 9.17) is 4.74 Å². The Kier molecular flexibility index (Phi) is 4.58. The Morgan fingerprint density at radius 3 is 2.75 bits per heavy atom. The molecule has 148 valence electrons. The summed E-state index contributed by atoms with van der Waals surface area (Å²) in [6.45, 7) is 1.22. The number of hydrogen-bond acceptors (Lipinski definition) is 5. The molecule has 1 aliphatic rings. The van der Waals surface area contributed by atoms with E-state index < -0.39 is 28.9 Å².